The Morgan fingerprint density at radius 1 is 0.500 bits per heavy atom. The van der Waals surface area contributed by atoms with Gasteiger partial charge >= 0.3 is 11.9 Å². The number of ether oxygens (including phenoxy) is 2. The Balaban J connectivity index is 3.87. The Labute approximate surface area is 308 Å². The molecule has 0 heterocycles. The third-order valence-electron chi connectivity index (χ3n) is 14.8. The summed E-state index contributed by atoms with van der Waals surface area (Å²) in [6.45, 7) is 52.2. The van der Waals surface area contributed by atoms with E-state index in [0.717, 1.165) is 0 Å². The molecule has 0 bridgehead atoms. The topological polar surface area (TPSA) is 52.6 Å². The van der Waals surface area contributed by atoms with Crippen LogP contribution in [-0.2, 0) is 35.3 Å². The van der Waals surface area contributed by atoms with E-state index in [1.165, 1.54) is 28.8 Å². The maximum absolute atomic E-state index is 11.6. The lowest BCUT2D eigenvalue weighted by atomic mass is 9.45. The average Bonchev–Trinajstić information content (AvgIpc) is 2.99. The molecule has 0 aliphatic carbocycles. The molecule has 50 heavy (non-hydrogen) atoms. The number of benzene rings is 1. The largest absolute Gasteiger partial charge is 0.458 e. The van der Waals surface area contributed by atoms with E-state index < -0.39 is 11.9 Å². The van der Waals surface area contributed by atoms with Crippen LogP contribution in [0, 0.1) is 32.5 Å². The molecule has 0 saturated heterocycles. The lowest BCUT2D eigenvalue weighted by molar-refractivity contribution is -0.137. The molecule has 4 heteroatoms. The summed E-state index contributed by atoms with van der Waals surface area (Å²) in [5, 5.41) is 0. The molecule has 0 saturated carbocycles. The van der Waals surface area contributed by atoms with E-state index in [-0.39, 0.29) is 61.9 Å². The summed E-state index contributed by atoms with van der Waals surface area (Å²) in [5.74, 6) is -0.826. The van der Waals surface area contributed by atoms with Crippen molar-refractivity contribution in [3.05, 3.63) is 84.5 Å². The molecular formula is C46H74O4. The highest BCUT2D eigenvalue weighted by Gasteiger charge is 2.56. The van der Waals surface area contributed by atoms with Crippen molar-refractivity contribution in [1.82, 2.24) is 0 Å². The number of hydrogen-bond donors (Lipinski definition) is 0. The number of carbonyl (C=O) groups is 2. The number of rotatable bonds is 16. The van der Waals surface area contributed by atoms with Crippen molar-refractivity contribution >= 4 is 11.9 Å². The van der Waals surface area contributed by atoms with E-state index in [1.807, 2.05) is 12.2 Å². The fourth-order valence-electron chi connectivity index (χ4n) is 7.16. The summed E-state index contributed by atoms with van der Waals surface area (Å²) >= 11 is 0. The molecular weight excluding hydrogens is 617 g/mol. The molecule has 0 N–H and O–H groups in total. The molecule has 0 fully saturated rings. The Kier molecular flexibility index (Phi) is 13.5. The first-order valence-electron chi connectivity index (χ1n) is 18.3. The van der Waals surface area contributed by atoms with Crippen LogP contribution in [0.5, 0.6) is 0 Å². The molecule has 1 aromatic rings. The smallest absolute Gasteiger partial charge is 0.330 e. The van der Waals surface area contributed by atoms with Crippen LogP contribution in [0.2, 0.25) is 0 Å². The number of carbonyl (C=O) groups excluding carboxylic acids is 2. The van der Waals surface area contributed by atoms with Crippen LogP contribution in [-0.4, -0.2) is 25.2 Å². The van der Waals surface area contributed by atoms with Crippen LogP contribution >= 0.6 is 0 Å². The van der Waals surface area contributed by atoms with Crippen molar-refractivity contribution < 1.29 is 19.1 Å². The highest BCUT2D eigenvalue weighted by Crippen LogP contribution is 2.62. The summed E-state index contributed by atoms with van der Waals surface area (Å²) < 4.78 is 10.5. The third-order valence-corrected chi connectivity index (χ3v) is 14.8. The maximum atomic E-state index is 11.6. The van der Waals surface area contributed by atoms with Crippen LogP contribution in [0.4, 0.5) is 0 Å². The molecule has 0 radical (unpaired) electrons. The Bertz CT molecular complexity index is 1340. The number of allylic oxidation sites excluding steroid dienone is 2. The van der Waals surface area contributed by atoms with Crippen LogP contribution in [0.3, 0.4) is 0 Å². The number of esters is 2. The molecule has 0 unspecified atom stereocenters. The summed E-state index contributed by atoms with van der Waals surface area (Å²) in [6.07, 6.45) is 10.7. The van der Waals surface area contributed by atoms with Gasteiger partial charge in [-0.15, -0.1) is 0 Å². The van der Waals surface area contributed by atoms with Crippen LogP contribution in [0.15, 0.2) is 67.8 Å². The van der Waals surface area contributed by atoms with Gasteiger partial charge in [-0.3, -0.25) is 0 Å². The minimum absolute atomic E-state index is 0.0496. The second-order valence-corrected chi connectivity index (χ2v) is 19.7. The highest BCUT2D eigenvalue weighted by molar-refractivity contribution is 5.81. The average molecular weight is 691 g/mol. The quantitative estimate of drug-likeness (QED) is 0.0984. The summed E-state index contributed by atoms with van der Waals surface area (Å²) in [4.78, 5) is 23.3. The lowest BCUT2D eigenvalue weighted by Crippen LogP contribution is -2.54. The monoisotopic (exact) mass is 691 g/mol. The molecule has 0 amide bonds. The second kappa shape index (κ2) is 15.0. The summed E-state index contributed by atoms with van der Waals surface area (Å²) in [7, 11) is 0. The molecule has 0 atom stereocenters. The zero-order chi connectivity index (χ0) is 39.6. The molecule has 0 aromatic heterocycles. The van der Waals surface area contributed by atoms with Gasteiger partial charge in [-0.2, -0.15) is 0 Å². The molecule has 1 aromatic carbocycles. The van der Waals surface area contributed by atoms with Gasteiger partial charge in [0, 0.05) is 12.2 Å². The van der Waals surface area contributed by atoms with Crippen molar-refractivity contribution in [2.75, 3.05) is 13.2 Å². The van der Waals surface area contributed by atoms with Crippen LogP contribution in [0.25, 0.3) is 0 Å². The summed E-state index contributed by atoms with van der Waals surface area (Å²) in [5.41, 5.74) is 2.36. The first-order chi connectivity index (χ1) is 22.2. The first-order valence-corrected chi connectivity index (χ1v) is 18.3. The lowest BCUT2D eigenvalue weighted by Gasteiger charge is -2.59. The van der Waals surface area contributed by atoms with Gasteiger partial charge in [-0.25, -0.2) is 9.59 Å². The first kappa shape index (κ1) is 45.1. The number of hydrogen-bond acceptors (Lipinski definition) is 4. The third kappa shape index (κ3) is 8.59. The van der Waals surface area contributed by atoms with Gasteiger partial charge < -0.3 is 9.47 Å². The SMILES string of the molecule is C=CC(=O)OC/C=C/C(C)(C)C(C)(C)C(C)(C)C(C)(C)c1cc(C(C)(C)C)cc(C(C)(C)C(C)(C)C(C)(C)C(C)(C)/C=C/COC(=O)C=C)c1. The van der Waals surface area contributed by atoms with Crippen molar-refractivity contribution in [3.8, 4) is 0 Å². The standard InChI is InChI=1S/C46H74O4/c1-22-36(47)49-28-24-26-39(6,7)43(14,15)45(18,19)41(10,11)34-30-33(38(3,4)5)31-35(32-34)42(12,13)46(20,21)44(16,17)40(8,9)27-25-29-50-37(48)23-2/h22-27,30-32H,1-2,28-29H2,3-21H3/b26-24+,27-25+. The minimum atomic E-state index is -0.413. The Hall–Kier alpha value is -2.88. The van der Waals surface area contributed by atoms with Gasteiger partial charge in [0.1, 0.15) is 13.2 Å². The molecule has 0 aliphatic heterocycles. The van der Waals surface area contributed by atoms with E-state index in [2.05, 4.69) is 175 Å². The second-order valence-electron chi connectivity index (χ2n) is 19.7. The van der Waals surface area contributed by atoms with E-state index in [1.54, 1.807) is 0 Å². The predicted molar refractivity (Wildman–Crippen MR) is 214 cm³/mol. The van der Waals surface area contributed by atoms with Gasteiger partial charge in [0.15, 0.2) is 0 Å². The van der Waals surface area contributed by atoms with E-state index in [0.29, 0.717) is 0 Å². The predicted octanol–water partition coefficient (Wildman–Crippen LogP) is 12.3. The van der Waals surface area contributed by atoms with Gasteiger partial charge in [0.25, 0.3) is 0 Å². The summed E-state index contributed by atoms with van der Waals surface area (Å²) in [6, 6.07) is 7.38. The van der Waals surface area contributed by atoms with Crippen molar-refractivity contribution in [2.45, 2.75) is 148 Å². The van der Waals surface area contributed by atoms with Gasteiger partial charge in [0.05, 0.1) is 0 Å². The zero-order valence-corrected chi connectivity index (χ0v) is 35.7. The van der Waals surface area contributed by atoms with Gasteiger partial charge in [0.2, 0.25) is 0 Å². The highest BCUT2D eigenvalue weighted by atomic mass is 16.5. The van der Waals surface area contributed by atoms with E-state index >= 15 is 0 Å². The molecule has 4 nitrogen and oxygen atoms in total. The molecule has 0 aliphatic rings. The van der Waals surface area contributed by atoms with Crippen molar-refractivity contribution in [2.24, 2.45) is 32.5 Å². The van der Waals surface area contributed by atoms with Gasteiger partial charge in [-0.1, -0.05) is 187 Å². The fraction of sp³-hybridized carbons (Fsp3) is 0.652. The minimum Gasteiger partial charge on any atom is -0.458 e. The maximum Gasteiger partial charge on any atom is 0.330 e. The zero-order valence-electron chi connectivity index (χ0n) is 35.7. The van der Waals surface area contributed by atoms with E-state index in [9.17, 15) is 9.59 Å². The van der Waals surface area contributed by atoms with Crippen LogP contribution in [0.1, 0.15) is 148 Å². The Morgan fingerprint density at radius 2 is 0.780 bits per heavy atom. The van der Waals surface area contributed by atoms with E-state index in [4.69, 9.17) is 9.47 Å². The van der Waals surface area contributed by atoms with Crippen molar-refractivity contribution in [1.29, 1.82) is 0 Å². The normalized spacial score (nSPS) is 14.6. The van der Waals surface area contributed by atoms with Crippen LogP contribution < -0.4 is 0 Å². The molecule has 1 rings (SSSR count). The van der Waals surface area contributed by atoms with Crippen molar-refractivity contribution in [3.63, 3.8) is 0 Å². The molecule has 282 valence electrons. The fourth-order valence-corrected chi connectivity index (χ4v) is 7.16. The Morgan fingerprint density at radius 3 is 1.04 bits per heavy atom. The molecule has 0 spiro atoms. The van der Waals surface area contributed by atoms with Gasteiger partial charge in [-0.05, 0) is 65.4 Å².